The van der Waals surface area contributed by atoms with Crippen LogP contribution in [0.1, 0.15) is 33.6 Å². The lowest BCUT2D eigenvalue weighted by Gasteiger charge is -2.48. The van der Waals surface area contributed by atoms with Gasteiger partial charge in [0.15, 0.2) is 0 Å². The van der Waals surface area contributed by atoms with Crippen molar-refractivity contribution < 1.29 is 0 Å². The van der Waals surface area contributed by atoms with Gasteiger partial charge in [-0.3, -0.25) is 4.90 Å². The van der Waals surface area contributed by atoms with Crippen molar-refractivity contribution in [2.75, 3.05) is 24.6 Å². The van der Waals surface area contributed by atoms with Gasteiger partial charge in [-0.2, -0.15) is 11.8 Å². The van der Waals surface area contributed by atoms with Crippen molar-refractivity contribution in [1.82, 2.24) is 4.90 Å². The van der Waals surface area contributed by atoms with Gasteiger partial charge in [0, 0.05) is 24.4 Å². The molecular formula is C13H26N2S. The molecule has 3 heteroatoms. The summed E-state index contributed by atoms with van der Waals surface area (Å²) >= 11 is 2.12. The van der Waals surface area contributed by atoms with Crippen LogP contribution in [0.4, 0.5) is 0 Å². The minimum atomic E-state index is 0.386. The van der Waals surface area contributed by atoms with E-state index in [0.29, 0.717) is 17.4 Å². The first-order valence-corrected chi connectivity index (χ1v) is 7.73. The lowest BCUT2D eigenvalue weighted by molar-refractivity contribution is 0.0572. The summed E-state index contributed by atoms with van der Waals surface area (Å²) in [7, 11) is 0. The number of rotatable bonds is 1. The first-order chi connectivity index (χ1) is 7.50. The number of nitrogens with two attached hydrogens (primary N) is 1. The number of thioether (sulfide) groups is 1. The normalized spacial score (nSPS) is 40.9. The smallest absolute Gasteiger partial charge is 0.0238 e. The fraction of sp³-hybridized carbons (Fsp3) is 1.00. The van der Waals surface area contributed by atoms with Gasteiger partial charge in [-0.15, -0.1) is 0 Å². The summed E-state index contributed by atoms with van der Waals surface area (Å²) < 4.78 is 0. The molecule has 2 saturated heterocycles. The summed E-state index contributed by atoms with van der Waals surface area (Å²) in [5.41, 5.74) is 6.69. The molecule has 94 valence electrons. The monoisotopic (exact) mass is 242 g/mol. The predicted molar refractivity (Wildman–Crippen MR) is 72.8 cm³/mol. The third kappa shape index (κ3) is 2.57. The number of hydrogen-bond donors (Lipinski definition) is 1. The molecule has 2 aliphatic rings. The van der Waals surface area contributed by atoms with Crippen molar-refractivity contribution in [3.63, 3.8) is 0 Å². The van der Waals surface area contributed by atoms with Gasteiger partial charge in [-0.05, 0) is 36.5 Å². The Kier molecular flexibility index (Phi) is 3.87. The Morgan fingerprint density at radius 3 is 2.75 bits per heavy atom. The van der Waals surface area contributed by atoms with E-state index in [-0.39, 0.29) is 0 Å². The SMILES string of the molecule is CC1CCN(C2CSCCC2(C)C)CC1N. The maximum Gasteiger partial charge on any atom is 0.0238 e. The van der Waals surface area contributed by atoms with Crippen molar-refractivity contribution in [2.45, 2.75) is 45.7 Å². The van der Waals surface area contributed by atoms with Gasteiger partial charge in [0.1, 0.15) is 0 Å². The van der Waals surface area contributed by atoms with Crippen molar-refractivity contribution in [3.05, 3.63) is 0 Å². The summed E-state index contributed by atoms with van der Waals surface area (Å²) in [6.45, 7) is 9.52. The van der Waals surface area contributed by atoms with Gasteiger partial charge >= 0.3 is 0 Å². The molecule has 0 bridgehead atoms. The molecule has 0 saturated carbocycles. The van der Waals surface area contributed by atoms with E-state index in [0.717, 1.165) is 12.6 Å². The number of likely N-dealkylation sites (tertiary alicyclic amines) is 1. The molecule has 0 radical (unpaired) electrons. The lowest BCUT2D eigenvalue weighted by Crippen LogP contribution is -2.57. The van der Waals surface area contributed by atoms with Gasteiger partial charge in [-0.25, -0.2) is 0 Å². The van der Waals surface area contributed by atoms with Crippen LogP contribution in [0.25, 0.3) is 0 Å². The average molecular weight is 242 g/mol. The predicted octanol–water partition coefficient (Wildman–Crippen LogP) is 2.19. The Balaban J connectivity index is 2.01. The summed E-state index contributed by atoms with van der Waals surface area (Å²) in [5.74, 6) is 3.34. The van der Waals surface area contributed by atoms with Gasteiger partial charge in [0.25, 0.3) is 0 Å². The second-order valence-electron chi connectivity index (χ2n) is 6.25. The maximum atomic E-state index is 6.22. The molecule has 0 spiro atoms. The second-order valence-corrected chi connectivity index (χ2v) is 7.40. The Hall–Kier alpha value is 0.270. The van der Waals surface area contributed by atoms with E-state index in [1.807, 2.05) is 0 Å². The van der Waals surface area contributed by atoms with Gasteiger partial charge in [0.05, 0.1) is 0 Å². The molecule has 0 aliphatic carbocycles. The average Bonchev–Trinajstić information content (AvgIpc) is 2.22. The largest absolute Gasteiger partial charge is 0.326 e. The van der Waals surface area contributed by atoms with E-state index in [4.69, 9.17) is 5.73 Å². The zero-order valence-electron chi connectivity index (χ0n) is 10.9. The van der Waals surface area contributed by atoms with Crippen LogP contribution in [0.2, 0.25) is 0 Å². The zero-order valence-corrected chi connectivity index (χ0v) is 11.7. The van der Waals surface area contributed by atoms with Crippen LogP contribution in [-0.4, -0.2) is 41.6 Å². The molecule has 2 N–H and O–H groups in total. The van der Waals surface area contributed by atoms with E-state index >= 15 is 0 Å². The number of nitrogens with zero attached hydrogens (tertiary/aromatic N) is 1. The molecule has 0 aromatic rings. The van der Waals surface area contributed by atoms with Crippen LogP contribution in [-0.2, 0) is 0 Å². The van der Waals surface area contributed by atoms with Crippen LogP contribution in [0.3, 0.4) is 0 Å². The van der Waals surface area contributed by atoms with E-state index < -0.39 is 0 Å². The molecule has 2 aliphatic heterocycles. The first-order valence-electron chi connectivity index (χ1n) is 6.58. The molecular weight excluding hydrogens is 216 g/mol. The molecule has 2 fully saturated rings. The van der Waals surface area contributed by atoms with Crippen LogP contribution >= 0.6 is 11.8 Å². The number of piperidine rings is 1. The van der Waals surface area contributed by atoms with E-state index in [1.165, 1.54) is 30.9 Å². The molecule has 3 unspecified atom stereocenters. The Bertz CT molecular complexity index is 242. The molecule has 2 heterocycles. The summed E-state index contributed by atoms with van der Waals surface area (Å²) in [5, 5.41) is 0. The van der Waals surface area contributed by atoms with Gasteiger partial charge in [0.2, 0.25) is 0 Å². The third-order valence-electron chi connectivity index (χ3n) is 4.56. The number of hydrogen-bond acceptors (Lipinski definition) is 3. The van der Waals surface area contributed by atoms with Crippen LogP contribution in [0, 0.1) is 11.3 Å². The first kappa shape index (κ1) is 12.7. The van der Waals surface area contributed by atoms with Crippen molar-refractivity contribution in [3.8, 4) is 0 Å². The minimum Gasteiger partial charge on any atom is -0.326 e. The highest BCUT2D eigenvalue weighted by Crippen LogP contribution is 2.38. The Labute approximate surface area is 104 Å². The highest BCUT2D eigenvalue weighted by molar-refractivity contribution is 7.99. The topological polar surface area (TPSA) is 29.3 Å². The van der Waals surface area contributed by atoms with E-state index in [2.05, 4.69) is 37.4 Å². The Morgan fingerprint density at radius 2 is 2.12 bits per heavy atom. The zero-order chi connectivity index (χ0) is 11.8. The molecule has 0 amide bonds. The van der Waals surface area contributed by atoms with Crippen LogP contribution in [0.5, 0.6) is 0 Å². The lowest BCUT2D eigenvalue weighted by atomic mass is 9.80. The van der Waals surface area contributed by atoms with Crippen molar-refractivity contribution >= 4 is 11.8 Å². The standard InChI is InChI=1S/C13H26N2S/c1-10-4-6-15(8-11(10)14)12-9-16-7-5-13(12,2)3/h10-12H,4-9,14H2,1-3H3. The van der Waals surface area contributed by atoms with E-state index in [1.54, 1.807) is 0 Å². The van der Waals surface area contributed by atoms with Crippen LogP contribution < -0.4 is 5.73 Å². The second kappa shape index (κ2) is 4.87. The molecule has 3 atom stereocenters. The molecule has 2 nitrogen and oxygen atoms in total. The fourth-order valence-corrected chi connectivity index (χ4v) is 4.65. The molecule has 0 aromatic carbocycles. The van der Waals surface area contributed by atoms with E-state index in [9.17, 15) is 0 Å². The van der Waals surface area contributed by atoms with Crippen molar-refractivity contribution in [2.24, 2.45) is 17.1 Å². The molecule has 16 heavy (non-hydrogen) atoms. The minimum absolute atomic E-state index is 0.386. The molecule has 2 rings (SSSR count). The summed E-state index contributed by atoms with van der Waals surface area (Å²) in [6, 6.07) is 1.13. The Morgan fingerprint density at radius 1 is 1.38 bits per heavy atom. The van der Waals surface area contributed by atoms with Crippen LogP contribution in [0.15, 0.2) is 0 Å². The third-order valence-corrected chi connectivity index (χ3v) is 5.60. The highest BCUT2D eigenvalue weighted by atomic mass is 32.2. The molecule has 0 aromatic heterocycles. The fourth-order valence-electron chi connectivity index (χ4n) is 2.93. The quantitative estimate of drug-likeness (QED) is 0.764. The van der Waals surface area contributed by atoms with Gasteiger partial charge < -0.3 is 5.73 Å². The highest BCUT2D eigenvalue weighted by Gasteiger charge is 2.38. The maximum absolute atomic E-state index is 6.22. The van der Waals surface area contributed by atoms with Crippen molar-refractivity contribution in [1.29, 1.82) is 0 Å². The summed E-state index contributed by atoms with van der Waals surface area (Å²) in [6.07, 6.45) is 2.63. The van der Waals surface area contributed by atoms with Gasteiger partial charge in [-0.1, -0.05) is 20.8 Å². The summed E-state index contributed by atoms with van der Waals surface area (Å²) in [4.78, 5) is 2.66.